The second-order valence-electron chi connectivity index (χ2n) is 8.38. The van der Waals surface area contributed by atoms with Gasteiger partial charge in [-0.3, -0.25) is 0 Å². The Morgan fingerprint density at radius 1 is 0.914 bits per heavy atom. The Hall–Kier alpha value is -4.70. The number of aryl methyl sites for hydroxylation is 3. The molecule has 0 aliphatic rings. The lowest BCUT2D eigenvalue weighted by Crippen LogP contribution is -2.02. The van der Waals surface area contributed by atoms with Gasteiger partial charge in [-0.15, -0.1) is 0 Å². The van der Waals surface area contributed by atoms with Crippen molar-refractivity contribution in [3.8, 4) is 28.8 Å². The van der Waals surface area contributed by atoms with Gasteiger partial charge in [-0.2, -0.15) is 10.2 Å². The first kappa shape index (κ1) is 22.1. The molecular weight excluding hydrogens is 441 g/mol. The molecule has 7 heteroatoms. The molecule has 0 saturated carbocycles. The third-order valence-corrected chi connectivity index (χ3v) is 5.79. The van der Waals surface area contributed by atoms with E-state index in [0.29, 0.717) is 23.1 Å². The van der Waals surface area contributed by atoms with Crippen LogP contribution in [0.2, 0.25) is 0 Å². The van der Waals surface area contributed by atoms with Crippen molar-refractivity contribution in [3.05, 3.63) is 95.4 Å². The van der Waals surface area contributed by atoms with Gasteiger partial charge in [0.05, 0.1) is 17.1 Å². The molecule has 0 spiro atoms. The fourth-order valence-electron chi connectivity index (χ4n) is 4.06. The zero-order valence-electron chi connectivity index (χ0n) is 19.5. The smallest absolute Gasteiger partial charge is 0.249 e. The standard InChI is InChI=1S/C28H22FN5O/c1-17-14-21(20-6-8-22(29)9-7-20)15-18(2)26(17)35-27-25-24(12-13-34(25)3)32-28(33-27)31-23-10-4-19(16-30)5-11-23/h4-15H,1-3H3,(H,31,32,33). The van der Waals surface area contributed by atoms with E-state index in [9.17, 15) is 4.39 Å². The third-order valence-electron chi connectivity index (χ3n) is 5.79. The molecule has 0 fully saturated rings. The van der Waals surface area contributed by atoms with Crippen LogP contribution in [0.1, 0.15) is 16.7 Å². The van der Waals surface area contributed by atoms with E-state index < -0.39 is 0 Å². The second kappa shape index (κ2) is 8.92. The largest absolute Gasteiger partial charge is 0.436 e. The first-order chi connectivity index (χ1) is 16.9. The SMILES string of the molecule is Cc1cc(-c2ccc(F)cc2)cc(C)c1Oc1nc(Nc2ccc(C#N)cc2)nc2ccn(C)c12. The third kappa shape index (κ3) is 4.42. The predicted octanol–water partition coefficient (Wildman–Crippen LogP) is 6.80. The Balaban J connectivity index is 1.52. The van der Waals surface area contributed by atoms with E-state index in [-0.39, 0.29) is 5.82 Å². The molecule has 0 amide bonds. The van der Waals surface area contributed by atoms with Crippen molar-refractivity contribution >= 4 is 22.7 Å². The molecule has 5 rings (SSSR count). The van der Waals surface area contributed by atoms with Crippen molar-refractivity contribution < 1.29 is 9.13 Å². The zero-order valence-corrected chi connectivity index (χ0v) is 19.5. The van der Waals surface area contributed by atoms with Gasteiger partial charge in [0.15, 0.2) is 0 Å². The average molecular weight is 464 g/mol. The maximum absolute atomic E-state index is 13.4. The summed E-state index contributed by atoms with van der Waals surface area (Å²) in [6, 6.07) is 21.6. The summed E-state index contributed by atoms with van der Waals surface area (Å²) in [4.78, 5) is 9.29. The van der Waals surface area contributed by atoms with Crippen LogP contribution in [0.25, 0.3) is 22.2 Å². The van der Waals surface area contributed by atoms with Gasteiger partial charge in [-0.25, -0.2) is 9.37 Å². The number of hydrogen-bond donors (Lipinski definition) is 1. The molecule has 5 aromatic rings. The average Bonchev–Trinajstić information content (AvgIpc) is 3.23. The highest BCUT2D eigenvalue weighted by Gasteiger charge is 2.16. The summed E-state index contributed by atoms with van der Waals surface area (Å²) >= 11 is 0. The van der Waals surface area contributed by atoms with Gasteiger partial charge in [-0.05, 0) is 90.7 Å². The molecule has 2 aromatic heterocycles. The first-order valence-electron chi connectivity index (χ1n) is 11.1. The topological polar surface area (TPSA) is 75.8 Å². The molecule has 1 N–H and O–H groups in total. The molecule has 6 nitrogen and oxygen atoms in total. The number of rotatable bonds is 5. The number of halogens is 1. The number of aromatic nitrogens is 3. The quantitative estimate of drug-likeness (QED) is 0.310. The van der Waals surface area contributed by atoms with Crippen molar-refractivity contribution in [1.29, 1.82) is 5.26 Å². The normalized spacial score (nSPS) is 10.8. The van der Waals surface area contributed by atoms with E-state index in [0.717, 1.165) is 39.0 Å². The number of nitrogens with one attached hydrogen (secondary N) is 1. The number of nitriles is 1. The lowest BCUT2D eigenvalue weighted by molar-refractivity contribution is 0.459. The molecular formula is C28H22FN5O. The van der Waals surface area contributed by atoms with Crippen LogP contribution in [0.3, 0.4) is 0 Å². The number of nitrogens with zero attached hydrogens (tertiary/aromatic N) is 4. The highest BCUT2D eigenvalue weighted by atomic mass is 19.1. The Morgan fingerprint density at radius 2 is 1.60 bits per heavy atom. The van der Waals surface area contributed by atoms with E-state index in [4.69, 9.17) is 10.00 Å². The van der Waals surface area contributed by atoms with Gasteiger partial charge in [0, 0.05) is 18.9 Å². The van der Waals surface area contributed by atoms with Crippen molar-refractivity contribution in [3.63, 3.8) is 0 Å². The van der Waals surface area contributed by atoms with Gasteiger partial charge in [0.25, 0.3) is 0 Å². The van der Waals surface area contributed by atoms with Crippen LogP contribution in [-0.4, -0.2) is 14.5 Å². The summed E-state index contributed by atoms with van der Waals surface area (Å²) in [5.41, 5.74) is 6.66. The van der Waals surface area contributed by atoms with Gasteiger partial charge in [-0.1, -0.05) is 12.1 Å². The molecule has 0 aliphatic carbocycles. The van der Waals surface area contributed by atoms with Crippen molar-refractivity contribution in [2.45, 2.75) is 13.8 Å². The number of anilines is 2. The Labute approximate surface area is 202 Å². The van der Waals surface area contributed by atoms with Crippen LogP contribution in [0, 0.1) is 31.0 Å². The van der Waals surface area contributed by atoms with Crippen molar-refractivity contribution in [2.24, 2.45) is 7.05 Å². The molecule has 0 unspecified atom stereocenters. The van der Waals surface area contributed by atoms with Crippen LogP contribution >= 0.6 is 0 Å². The minimum atomic E-state index is -0.261. The van der Waals surface area contributed by atoms with Crippen LogP contribution in [0.15, 0.2) is 72.9 Å². The minimum absolute atomic E-state index is 0.261. The molecule has 35 heavy (non-hydrogen) atoms. The molecule has 0 bridgehead atoms. The van der Waals surface area contributed by atoms with Crippen LogP contribution in [-0.2, 0) is 7.05 Å². The summed E-state index contributed by atoms with van der Waals surface area (Å²) in [6.45, 7) is 3.96. The van der Waals surface area contributed by atoms with E-state index in [2.05, 4.69) is 21.4 Å². The molecule has 0 aliphatic heterocycles. The Kier molecular flexibility index (Phi) is 5.63. The minimum Gasteiger partial charge on any atom is -0.436 e. The summed E-state index contributed by atoms with van der Waals surface area (Å²) in [5, 5.41) is 12.2. The first-order valence-corrected chi connectivity index (χ1v) is 11.1. The van der Waals surface area contributed by atoms with E-state index >= 15 is 0 Å². The summed E-state index contributed by atoms with van der Waals surface area (Å²) < 4.78 is 21.7. The van der Waals surface area contributed by atoms with E-state index in [1.54, 1.807) is 36.4 Å². The molecule has 0 radical (unpaired) electrons. The van der Waals surface area contributed by atoms with Crippen molar-refractivity contribution in [1.82, 2.24) is 14.5 Å². The second-order valence-corrected chi connectivity index (χ2v) is 8.38. The van der Waals surface area contributed by atoms with Crippen LogP contribution in [0.4, 0.5) is 16.0 Å². The van der Waals surface area contributed by atoms with Gasteiger partial charge in [0.1, 0.15) is 17.1 Å². The number of ether oxygens (including phenoxy) is 1. The van der Waals surface area contributed by atoms with Crippen molar-refractivity contribution in [2.75, 3.05) is 5.32 Å². The highest BCUT2D eigenvalue weighted by molar-refractivity contribution is 5.83. The summed E-state index contributed by atoms with van der Waals surface area (Å²) in [7, 11) is 1.92. The lowest BCUT2D eigenvalue weighted by Gasteiger charge is -2.15. The van der Waals surface area contributed by atoms with Crippen LogP contribution in [0.5, 0.6) is 11.6 Å². The Morgan fingerprint density at radius 3 is 2.26 bits per heavy atom. The summed E-state index contributed by atoms with van der Waals surface area (Å²) in [6.07, 6.45) is 1.91. The number of fused-ring (bicyclic) bond motifs is 1. The molecule has 3 aromatic carbocycles. The van der Waals surface area contributed by atoms with Crippen LogP contribution < -0.4 is 10.1 Å². The Bertz CT molecular complexity index is 1560. The number of hydrogen-bond acceptors (Lipinski definition) is 5. The maximum atomic E-state index is 13.4. The van der Waals surface area contributed by atoms with E-state index in [1.165, 1.54) is 12.1 Å². The fraction of sp³-hybridized carbons (Fsp3) is 0.107. The molecule has 0 saturated heterocycles. The molecule has 172 valence electrons. The van der Waals surface area contributed by atoms with Gasteiger partial charge < -0.3 is 14.6 Å². The van der Waals surface area contributed by atoms with Gasteiger partial charge >= 0.3 is 0 Å². The van der Waals surface area contributed by atoms with E-state index in [1.807, 2.05) is 49.9 Å². The summed E-state index contributed by atoms with van der Waals surface area (Å²) in [5.74, 6) is 1.27. The lowest BCUT2D eigenvalue weighted by atomic mass is 10.00. The maximum Gasteiger partial charge on any atom is 0.249 e. The monoisotopic (exact) mass is 463 g/mol. The number of benzene rings is 3. The molecule has 2 heterocycles. The fourth-order valence-corrected chi connectivity index (χ4v) is 4.06. The highest BCUT2D eigenvalue weighted by Crippen LogP contribution is 2.36. The molecule has 0 atom stereocenters. The van der Waals surface area contributed by atoms with Gasteiger partial charge in [0.2, 0.25) is 11.8 Å². The zero-order chi connectivity index (χ0) is 24.5. The predicted molar refractivity (Wildman–Crippen MR) is 134 cm³/mol.